The molecule has 4 N–H and O–H groups in total. The number of amidine groups is 1. The van der Waals surface area contributed by atoms with Gasteiger partial charge >= 0.3 is 12.4 Å². The number of nitrogens with one attached hydrogen (secondary N) is 2. The first-order valence-corrected chi connectivity index (χ1v) is 7.73. The number of hydrogen-bond donors (Lipinski definition) is 3. The highest BCUT2D eigenvalue weighted by atomic mass is 19.4. The lowest BCUT2D eigenvalue weighted by Gasteiger charge is -2.16. The SMILES string of the molecule is N=C(/C=C\N)Nc1nnc(-c2ccc(C(F)(F)F)cc2C(F)(F)F)c2cncn12. The summed E-state index contributed by atoms with van der Waals surface area (Å²) in [7, 11) is 0. The van der Waals surface area contributed by atoms with Gasteiger partial charge in [-0.1, -0.05) is 6.07 Å². The number of hydrogen-bond acceptors (Lipinski definition) is 5. The van der Waals surface area contributed by atoms with E-state index < -0.39 is 29.0 Å². The molecule has 0 fully saturated rings. The van der Waals surface area contributed by atoms with Gasteiger partial charge in [-0.2, -0.15) is 26.3 Å². The number of aromatic nitrogens is 4. The summed E-state index contributed by atoms with van der Waals surface area (Å²) in [5.41, 5.74) is 1.35. The molecule has 0 saturated carbocycles. The van der Waals surface area contributed by atoms with E-state index in [9.17, 15) is 26.3 Å². The number of nitrogens with two attached hydrogens (primary N) is 1. The zero-order valence-electron chi connectivity index (χ0n) is 14.2. The van der Waals surface area contributed by atoms with Gasteiger partial charge in [0.05, 0.1) is 22.8 Å². The lowest BCUT2D eigenvalue weighted by molar-refractivity contribution is -0.142. The average Bonchev–Trinajstić information content (AvgIpc) is 3.10. The van der Waals surface area contributed by atoms with Gasteiger partial charge < -0.3 is 11.1 Å². The van der Waals surface area contributed by atoms with Gasteiger partial charge in [-0.15, -0.1) is 10.2 Å². The molecule has 7 nitrogen and oxygen atoms in total. The summed E-state index contributed by atoms with van der Waals surface area (Å²) in [6.07, 6.45) is -5.36. The van der Waals surface area contributed by atoms with Crippen molar-refractivity contribution in [1.29, 1.82) is 5.41 Å². The van der Waals surface area contributed by atoms with Crippen LogP contribution in [0.4, 0.5) is 32.3 Å². The molecule has 2 aromatic heterocycles. The summed E-state index contributed by atoms with van der Waals surface area (Å²) in [6, 6.07) is 1.25. The van der Waals surface area contributed by atoms with Crippen LogP contribution in [0.15, 0.2) is 43.0 Å². The maximum Gasteiger partial charge on any atom is 0.417 e. The largest absolute Gasteiger partial charge is 0.417 e. The van der Waals surface area contributed by atoms with E-state index in [0.717, 1.165) is 6.20 Å². The van der Waals surface area contributed by atoms with Crippen LogP contribution in [-0.2, 0) is 12.4 Å². The molecule has 3 aromatic rings. The van der Waals surface area contributed by atoms with Crippen LogP contribution in [0.1, 0.15) is 11.1 Å². The minimum absolute atomic E-state index is 0.0256. The lowest BCUT2D eigenvalue weighted by atomic mass is 10.00. The Morgan fingerprint density at radius 1 is 1.10 bits per heavy atom. The molecule has 0 saturated heterocycles. The topological polar surface area (TPSA) is 105 Å². The number of nitrogens with zero attached hydrogens (tertiary/aromatic N) is 4. The van der Waals surface area contributed by atoms with Gasteiger partial charge in [0.1, 0.15) is 17.9 Å². The van der Waals surface area contributed by atoms with Crippen molar-refractivity contribution in [2.24, 2.45) is 5.73 Å². The van der Waals surface area contributed by atoms with E-state index in [1.165, 1.54) is 23.0 Å². The molecule has 0 spiro atoms. The van der Waals surface area contributed by atoms with E-state index >= 15 is 0 Å². The fraction of sp³-hybridized carbons (Fsp3) is 0.125. The van der Waals surface area contributed by atoms with Crippen molar-refractivity contribution in [2.45, 2.75) is 12.4 Å². The van der Waals surface area contributed by atoms with Crippen LogP contribution in [0, 0.1) is 5.41 Å². The molecular weight excluding hydrogens is 404 g/mol. The van der Waals surface area contributed by atoms with E-state index in [2.05, 4.69) is 20.5 Å². The third kappa shape index (κ3) is 3.97. The van der Waals surface area contributed by atoms with Crippen molar-refractivity contribution in [1.82, 2.24) is 19.6 Å². The highest BCUT2D eigenvalue weighted by Gasteiger charge is 2.39. The van der Waals surface area contributed by atoms with Crippen molar-refractivity contribution in [2.75, 3.05) is 5.32 Å². The first-order chi connectivity index (χ1) is 13.5. The molecular formula is C16H11F6N7. The number of benzene rings is 1. The van der Waals surface area contributed by atoms with Crippen LogP contribution in [0.25, 0.3) is 16.8 Å². The molecule has 0 aliphatic heterocycles. The predicted octanol–water partition coefficient (Wildman–Crippen LogP) is 3.69. The summed E-state index contributed by atoms with van der Waals surface area (Å²) in [5.74, 6) is -0.236. The zero-order chi connectivity index (χ0) is 21.4. The highest BCUT2D eigenvalue weighted by Crippen LogP contribution is 2.41. The molecule has 0 aliphatic rings. The van der Waals surface area contributed by atoms with Gasteiger partial charge in [0.2, 0.25) is 5.95 Å². The van der Waals surface area contributed by atoms with E-state index in [-0.39, 0.29) is 29.1 Å². The molecule has 29 heavy (non-hydrogen) atoms. The van der Waals surface area contributed by atoms with E-state index in [4.69, 9.17) is 11.1 Å². The Morgan fingerprint density at radius 2 is 1.83 bits per heavy atom. The van der Waals surface area contributed by atoms with Gasteiger partial charge in [0.25, 0.3) is 0 Å². The molecule has 152 valence electrons. The zero-order valence-corrected chi connectivity index (χ0v) is 14.2. The molecule has 0 radical (unpaired) electrons. The van der Waals surface area contributed by atoms with E-state index in [1.54, 1.807) is 0 Å². The summed E-state index contributed by atoms with van der Waals surface area (Å²) in [6.45, 7) is 0. The van der Waals surface area contributed by atoms with Crippen molar-refractivity contribution in [3.8, 4) is 11.3 Å². The molecule has 0 bridgehead atoms. The maximum absolute atomic E-state index is 13.5. The molecule has 3 rings (SSSR count). The van der Waals surface area contributed by atoms with Crippen molar-refractivity contribution in [3.63, 3.8) is 0 Å². The first kappa shape index (κ1) is 20.1. The minimum atomic E-state index is -5.07. The van der Waals surface area contributed by atoms with Crippen molar-refractivity contribution in [3.05, 3.63) is 54.1 Å². The quantitative estimate of drug-likeness (QED) is 0.344. The number of fused-ring (bicyclic) bond motifs is 1. The second-order valence-corrected chi connectivity index (χ2v) is 5.67. The van der Waals surface area contributed by atoms with Crippen LogP contribution in [0.2, 0.25) is 0 Å². The number of rotatable bonds is 3. The number of halogens is 6. The Labute approximate surface area is 158 Å². The average molecular weight is 415 g/mol. The Bertz CT molecular complexity index is 1100. The number of alkyl halides is 6. The van der Waals surface area contributed by atoms with Crippen molar-refractivity contribution >= 4 is 17.3 Å². The van der Waals surface area contributed by atoms with Crippen LogP contribution in [0.5, 0.6) is 0 Å². The predicted molar refractivity (Wildman–Crippen MR) is 90.9 cm³/mol. The van der Waals surface area contributed by atoms with Crippen LogP contribution in [0.3, 0.4) is 0 Å². The first-order valence-electron chi connectivity index (χ1n) is 7.73. The normalized spacial score (nSPS) is 12.6. The van der Waals surface area contributed by atoms with Gasteiger partial charge in [-0.25, -0.2) is 4.98 Å². The summed E-state index contributed by atoms with van der Waals surface area (Å²) < 4.78 is 80.2. The van der Waals surface area contributed by atoms with Crippen molar-refractivity contribution < 1.29 is 26.3 Å². The fourth-order valence-corrected chi connectivity index (χ4v) is 2.53. The number of imidazole rings is 1. The lowest BCUT2D eigenvalue weighted by Crippen LogP contribution is -2.15. The third-order valence-electron chi connectivity index (χ3n) is 3.77. The fourth-order valence-electron chi connectivity index (χ4n) is 2.53. The summed E-state index contributed by atoms with van der Waals surface area (Å²) >= 11 is 0. The molecule has 0 amide bonds. The molecule has 0 atom stereocenters. The summed E-state index contributed by atoms with van der Waals surface area (Å²) in [4.78, 5) is 3.82. The Morgan fingerprint density at radius 3 is 2.45 bits per heavy atom. The summed E-state index contributed by atoms with van der Waals surface area (Å²) in [5, 5.41) is 17.6. The molecule has 0 aliphatic carbocycles. The van der Waals surface area contributed by atoms with E-state index in [1.807, 2.05) is 0 Å². The standard InChI is InChI=1S/C16H11F6N7/c17-15(18,19)8-1-2-9(10(5-8)16(20,21)22)13-11-6-25-7-29(11)14(28-27-13)26-12(24)3-4-23/h1-7H,23H2,(H2,24,26,28)/b4-3-. The Balaban J connectivity index is 2.19. The Hall–Kier alpha value is -3.64. The smallest absolute Gasteiger partial charge is 0.404 e. The van der Waals surface area contributed by atoms with Gasteiger partial charge in [0.15, 0.2) is 0 Å². The van der Waals surface area contributed by atoms with Gasteiger partial charge in [0, 0.05) is 5.56 Å². The molecule has 13 heteroatoms. The third-order valence-corrected chi connectivity index (χ3v) is 3.77. The maximum atomic E-state index is 13.5. The monoisotopic (exact) mass is 415 g/mol. The second kappa shape index (κ2) is 7.07. The van der Waals surface area contributed by atoms with Gasteiger partial charge in [-0.3, -0.25) is 9.81 Å². The van der Waals surface area contributed by atoms with Gasteiger partial charge in [-0.05, 0) is 24.4 Å². The van der Waals surface area contributed by atoms with E-state index in [0.29, 0.717) is 12.1 Å². The van der Waals surface area contributed by atoms with Crippen LogP contribution in [-0.4, -0.2) is 25.4 Å². The van der Waals surface area contributed by atoms with Crippen LogP contribution >= 0.6 is 0 Å². The second-order valence-electron chi connectivity index (χ2n) is 5.67. The molecule has 2 heterocycles. The Kier molecular flexibility index (Phi) is 4.90. The molecule has 1 aromatic carbocycles. The number of anilines is 1. The minimum Gasteiger partial charge on any atom is -0.404 e. The molecule has 0 unspecified atom stereocenters. The highest BCUT2D eigenvalue weighted by molar-refractivity contribution is 6.00. The van der Waals surface area contributed by atoms with Crippen LogP contribution < -0.4 is 11.1 Å².